The minimum Gasteiger partial charge on any atom is -0.333 e. The molecule has 4 aliphatic rings. The maximum Gasteiger partial charge on any atom is 0.0625 e. The summed E-state index contributed by atoms with van der Waals surface area (Å²) < 4.78 is 2.23. The predicted octanol–water partition coefficient (Wildman–Crippen LogP) is 9.04. The van der Waals surface area contributed by atoms with Crippen molar-refractivity contribution in [3.63, 3.8) is 0 Å². The number of fused-ring (bicyclic) bond motifs is 5. The van der Waals surface area contributed by atoms with Crippen LogP contribution in [0, 0.1) is 67.1 Å². The zero-order valence-electron chi connectivity index (χ0n) is 26.1. The number of nitrogens with two attached hydrogens (primary N) is 1. The highest BCUT2D eigenvalue weighted by atomic mass is 15.3. The van der Waals surface area contributed by atoms with Crippen LogP contribution in [-0.2, 0) is 6.54 Å². The second kappa shape index (κ2) is 12.4. The Morgan fingerprint density at radius 1 is 0.946 bits per heavy atom. The molecule has 212 valence electrons. The quantitative estimate of drug-likeness (QED) is 0.401. The van der Waals surface area contributed by atoms with Crippen LogP contribution in [0.2, 0.25) is 0 Å². The highest BCUT2D eigenvalue weighted by Crippen LogP contribution is 2.68. The third kappa shape index (κ3) is 5.37. The van der Waals surface area contributed by atoms with E-state index in [0.717, 1.165) is 36.1 Å². The molecule has 3 heteroatoms. The number of hydrogen-bond donors (Lipinski definition) is 1. The molecule has 37 heavy (non-hydrogen) atoms. The van der Waals surface area contributed by atoms with Crippen molar-refractivity contribution in [2.45, 2.75) is 133 Å². The topological polar surface area (TPSA) is 43.8 Å². The molecule has 1 heterocycles. The molecule has 8 unspecified atom stereocenters. The van der Waals surface area contributed by atoms with Gasteiger partial charge in [-0.1, -0.05) is 59.6 Å². The third-order valence-corrected chi connectivity index (χ3v) is 12.1. The molecule has 4 saturated carbocycles. The molecule has 0 aliphatic heterocycles. The summed E-state index contributed by atoms with van der Waals surface area (Å²) in [4.78, 5) is 0. The smallest absolute Gasteiger partial charge is 0.0625 e. The van der Waals surface area contributed by atoms with Crippen LogP contribution >= 0.6 is 0 Å². The third-order valence-electron chi connectivity index (χ3n) is 12.1. The monoisotopic (exact) mass is 511 g/mol. The first-order valence-electron chi connectivity index (χ1n) is 15.9. The van der Waals surface area contributed by atoms with Gasteiger partial charge < -0.3 is 5.73 Å². The zero-order chi connectivity index (χ0) is 27.5. The largest absolute Gasteiger partial charge is 0.333 e. The van der Waals surface area contributed by atoms with Crippen molar-refractivity contribution in [2.75, 3.05) is 7.05 Å². The van der Waals surface area contributed by atoms with Gasteiger partial charge in [-0.25, -0.2) is 0 Å². The lowest BCUT2D eigenvalue weighted by Gasteiger charge is -2.61. The van der Waals surface area contributed by atoms with Crippen LogP contribution in [0.1, 0.15) is 122 Å². The van der Waals surface area contributed by atoms with E-state index in [1.54, 1.807) is 0 Å². The highest BCUT2D eigenvalue weighted by molar-refractivity contribution is 5.24. The molecule has 2 N–H and O–H groups in total. The first-order chi connectivity index (χ1) is 17.7. The van der Waals surface area contributed by atoms with Gasteiger partial charge >= 0.3 is 0 Å². The number of hydrogen-bond acceptors (Lipinski definition) is 2. The summed E-state index contributed by atoms with van der Waals surface area (Å²) in [5.41, 5.74) is 10.9. The summed E-state index contributed by atoms with van der Waals surface area (Å²) in [5, 5.41) is 4.84. The lowest BCUT2D eigenvalue weighted by Crippen LogP contribution is -2.53. The van der Waals surface area contributed by atoms with Crippen LogP contribution in [0.25, 0.3) is 0 Å². The van der Waals surface area contributed by atoms with Gasteiger partial charge in [-0.15, -0.1) is 0 Å². The van der Waals surface area contributed by atoms with Gasteiger partial charge in [-0.3, -0.25) is 4.68 Å². The van der Waals surface area contributed by atoms with Gasteiger partial charge in [0.15, 0.2) is 0 Å². The lowest BCUT2D eigenvalue weighted by atomic mass is 9.44. The Labute approximate surface area is 230 Å². The van der Waals surface area contributed by atoms with Crippen LogP contribution < -0.4 is 5.73 Å². The normalized spacial score (nSPS) is 38.2. The predicted molar refractivity (Wildman–Crippen MR) is 161 cm³/mol. The van der Waals surface area contributed by atoms with E-state index in [9.17, 15) is 0 Å². The Morgan fingerprint density at radius 3 is 2.22 bits per heavy atom. The van der Waals surface area contributed by atoms with Crippen LogP contribution in [0.3, 0.4) is 0 Å². The molecular weight excluding hydrogens is 450 g/mol. The van der Waals surface area contributed by atoms with E-state index in [-0.39, 0.29) is 0 Å². The molecule has 0 amide bonds. The number of nitrogens with zero attached hydrogens (tertiary/aromatic N) is 2. The summed E-state index contributed by atoms with van der Waals surface area (Å²) >= 11 is 0. The molecule has 1 aromatic rings. The average molecular weight is 512 g/mol. The van der Waals surface area contributed by atoms with Crippen molar-refractivity contribution < 1.29 is 0 Å². The zero-order valence-corrected chi connectivity index (χ0v) is 26.1. The van der Waals surface area contributed by atoms with Gasteiger partial charge in [0.1, 0.15) is 0 Å². The van der Waals surface area contributed by atoms with Crippen LogP contribution in [0.4, 0.5) is 0 Å². The van der Waals surface area contributed by atoms with E-state index in [4.69, 9.17) is 11.7 Å². The highest BCUT2D eigenvalue weighted by Gasteiger charge is 2.60. The Hall–Kier alpha value is -1.09. The number of aromatic nitrogens is 2. The van der Waals surface area contributed by atoms with Gasteiger partial charge in [0, 0.05) is 5.69 Å². The van der Waals surface area contributed by atoms with Crippen LogP contribution in [-0.4, -0.2) is 16.8 Å². The van der Waals surface area contributed by atoms with Crippen molar-refractivity contribution in [3.05, 3.63) is 29.1 Å². The Morgan fingerprint density at radius 2 is 1.59 bits per heavy atom. The molecule has 1 aromatic heterocycles. The standard InChI is InChI=1S/C31H50N2.C2H6.CH5N/c1-8-9-24-14-16-30(6)25(18-24)10-11-26-28-13-12-27(31(28,7)17-15-29(26)30)20(2)19-33-23(5)21(3)22(4)32-33;2*1-2/h24-29H,2,8-19H2,1,3-7H3;1-2H3;2H2,1H3. The molecule has 0 radical (unpaired) electrons. The fourth-order valence-electron chi connectivity index (χ4n) is 9.93. The van der Waals surface area contributed by atoms with Crippen LogP contribution in [0.5, 0.6) is 0 Å². The molecule has 0 aromatic carbocycles. The molecule has 4 fully saturated rings. The van der Waals surface area contributed by atoms with E-state index in [1.165, 1.54) is 100 Å². The molecule has 0 spiro atoms. The van der Waals surface area contributed by atoms with E-state index in [0.29, 0.717) is 16.7 Å². The number of rotatable bonds is 5. The lowest BCUT2D eigenvalue weighted by molar-refractivity contribution is -0.116. The maximum absolute atomic E-state index is 4.84. The molecule has 5 rings (SSSR count). The minimum absolute atomic E-state index is 0.464. The Balaban J connectivity index is 0.000000907. The van der Waals surface area contributed by atoms with Crippen molar-refractivity contribution in [2.24, 2.45) is 52.1 Å². The van der Waals surface area contributed by atoms with Gasteiger partial charge in [0.2, 0.25) is 0 Å². The maximum atomic E-state index is 4.84. The van der Waals surface area contributed by atoms with Gasteiger partial charge in [-0.2, -0.15) is 5.10 Å². The van der Waals surface area contributed by atoms with E-state index < -0.39 is 0 Å². The first kappa shape index (κ1) is 30.5. The fourth-order valence-corrected chi connectivity index (χ4v) is 9.93. The van der Waals surface area contributed by atoms with Crippen molar-refractivity contribution in [3.8, 4) is 0 Å². The first-order valence-corrected chi connectivity index (χ1v) is 15.9. The summed E-state index contributed by atoms with van der Waals surface area (Å²) in [6.07, 6.45) is 16.1. The summed E-state index contributed by atoms with van der Waals surface area (Å²) in [7, 11) is 1.50. The number of aryl methyl sites for hydroxylation is 1. The summed E-state index contributed by atoms with van der Waals surface area (Å²) in [6, 6.07) is 0. The molecule has 8 atom stereocenters. The summed E-state index contributed by atoms with van der Waals surface area (Å²) in [5.74, 6) is 5.60. The fraction of sp³-hybridized carbons (Fsp3) is 0.853. The van der Waals surface area contributed by atoms with Crippen molar-refractivity contribution in [1.82, 2.24) is 9.78 Å². The number of allylic oxidation sites excluding steroid dienone is 1. The van der Waals surface area contributed by atoms with E-state index in [1.807, 2.05) is 13.8 Å². The molecule has 3 nitrogen and oxygen atoms in total. The molecule has 0 bridgehead atoms. The van der Waals surface area contributed by atoms with Gasteiger partial charge in [0.05, 0.1) is 12.2 Å². The SMILES string of the molecule is C=C(Cn1nc(C)c(C)c1C)C1CCC2C3CCC4CC(CCC)CCC4(C)C3CCC12C.CC.CN. The van der Waals surface area contributed by atoms with Crippen molar-refractivity contribution >= 4 is 0 Å². The summed E-state index contributed by atoms with van der Waals surface area (Å²) in [6.45, 7) is 24.0. The molecule has 4 aliphatic carbocycles. The second-order valence-corrected chi connectivity index (χ2v) is 13.4. The minimum atomic E-state index is 0.464. The van der Waals surface area contributed by atoms with E-state index in [2.05, 4.69) is 52.0 Å². The average Bonchev–Trinajstić information content (AvgIpc) is 3.38. The molecular formula is C34H61N3. The molecule has 0 saturated heterocycles. The Bertz CT molecular complexity index is 899. The van der Waals surface area contributed by atoms with Gasteiger partial charge in [0.25, 0.3) is 0 Å². The van der Waals surface area contributed by atoms with Crippen molar-refractivity contribution in [1.29, 1.82) is 0 Å². The van der Waals surface area contributed by atoms with Crippen LogP contribution in [0.15, 0.2) is 12.2 Å². The van der Waals surface area contributed by atoms with E-state index >= 15 is 0 Å². The Kier molecular flexibility index (Phi) is 10.2. The van der Waals surface area contributed by atoms with Gasteiger partial charge in [-0.05, 0) is 138 Å². The second-order valence-electron chi connectivity index (χ2n) is 13.4.